The van der Waals surface area contributed by atoms with Gasteiger partial charge >= 0.3 is 0 Å². The lowest BCUT2D eigenvalue weighted by Gasteiger charge is -2.22. The molecule has 15 heavy (non-hydrogen) atoms. The van der Waals surface area contributed by atoms with E-state index in [1.54, 1.807) is 0 Å². The normalized spacial score (nSPS) is 26.9. The second-order valence-corrected chi connectivity index (χ2v) is 4.80. The summed E-state index contributed by atoms with van der Waals surface area (Å²) >= 11 is 1.85. The molecule has 0 fully saturated rings. The van der Waals surface area contributed by atoms with Crippen molar-refractivity contribution in [1.82, 2.24) is 0 Å². The Morgan fingerprint density at radius 2 is 1.93 bits per heavy atom. The third-order valence-electron chi connectivity index (χ3n) is 2.84. The van der Waals surface area contributed by atoms with Crippen molar-refractivity contribution in [2.45, 2.75) is 11.2 Å². The molecule has 1 heteroatoms. The predicted octanol–water partition coefficient (Wildman–Crippen LogP) is 3.68. The van der Waals surface area contributed by atoms with Gasteiger partial charge in [-0.2, -0.15) is 0 Å². The minimum Gasteiger partial charge on any atom is -0.125 e. The molecule has 0 saturated carbocycles. The van der Waals surface area contributed by atoms with Crippen molar-refractivity contribution in [1.29, 1.82) is 0 Å². The highest BCUT2D eigenvalue weighted by Gasteiger charge is 2.23. The molecule has 73 valence electrons. The van der Waals surface area contributed by atoms with Gasteiger partial charge in [-0.1, -0.05) is 48.6 Å². The topological polar surface area (TPSA) is 0 Å². The van der Waals surface area contributed by atoms with Gasteiger partial charge in [0.15, 0.2) is 0 Å². The van der Waals surface area contributed by atoms with Crippen molar-refractivity contribution in [3.8, 4) is 0 Å². The van der Waals surface area contributed by atoms with Crippen LogP contribution in [0.25, 0.3) is 0 Å². The number of thioether (sulfide) groups is 1. The van der Waals surface area contributed by atoms with E-state index in [0.717, 1.165) is 0 Å². The molecule has 1 aliphatic carbocycles. The molecule has 2 aliphatic rings. The first kappa shape index (κ1) is 9.05. The fourth-order valence-electron chi connectivity index (χ4n) is 2.09. The average molecular weight is 211 g/mol. The Bertz CT molecular complexity index is 454. The van der Waals surface area contributed by atoms with E-state index in [2.05, 4.69) is 60.1 Å². The molecule has 1 aromatic carbocycles. The summed E-state index contributed by atoms with van der Waals surface area (Å²) in [7, 11) is 0. The Kier molecular flexibility index (Phi) is 2.26. The van der Waals surface area contributed by atoms with E-state index < -0.39 is 0 Å². The Hall–Kier alpha value is -1.21. The van der Waals surface area contributed by atoms with Crippen LogP contribution < -0.4 is 0 Å². The molecular weight excluding hydrogens is 200 g/mol. The van der Waals surface area contributed by atoms with Crippen molar-refractivity contribution in [2.24, 2.45) is 0 Å². The van der Waals surface area contributed by atoms with E-state index in [4.69, 9.17) is 0 Å². The van der Waals surface area contributed by atoms with Gasteiger partial charge in [-0.05, 0) is 22.6 Å². The zero-order valence-electron chi connectivity index (χ0n) is 8.26. The molecule has 0 spiro atoms. The first-order chi connectivity index (χ1) is 7.45. The Morgan fingerprint density at radius 1 is 1.07 bits per heavy atom. The van der Waals surface area contributed by atoms with Gasteiger partial charge in [0.05, 0.1) is 0 Å². The molecule has 1 heterocycles. The van der Waals surface area contributed by atoms with Gasteiger partial charge in [0.1, 0.15) is 0 Å². The van der Waals surface area contributed by atoms with E-state index in [1.807, 2.05) is 11.8 Å². The summed E-state index contributed by atoms with van der Waals surface area (Å²) in [5.74, 6) is 0.502. The van der Waals surface area contributed by atoms with Gasteiger partial charge in [-0.3, -0.25) is 0 Å². The largest absolute Gasteiger partial charge is 0.125 e. The van der Waals surface area contributed by atoms with E-state index in [0.29, 0.717) is 11.2 Å². The lowest BCUT2D eigenvalue weighted by Crippen LogP contribution is -2.12. The summed E-state index contributed by atoms with van der Waals surface area (Å²) in [6.45, 7) is 0. The van der Waals surface area contributed by atoms with E-state index in [1.165, 1.54) is 11.1 Å². The van der Waals surface area contributed by atoms with Gasteiger partial charge in [0.2, 0.25) is 0 Å². The molecule has 0 amide bonds. The van der Waals surface area contributed by atoms with Gasteiger partial charge in [0, 0.05) is 11.2 Å². The number of fused-ring (bicyclic) bond motifs is 3. The van der Waals surface area contributed by atoms with E-state index in [9.17, 15) is 0 Å². The highest BCUT2D eigenvalue weighted by molar-refractivity contribution is 8.02. The summed E-state index contributed by atoms with van der Waals surface area (Å²) < 4.78 is 0. The monoisotopic (exact) mass is 211 g/mol. The molecule has 0 saturated heterocycles. The maximum absolute atomic E-state index is 3.35. The minimum atomic E-state index is 0.502. The lowest BCUT2D eigenvalue weighted by atomic mass is 9.89. The van der Waals surface area contributed by atoms with Crippen LogP contribution in [0, 0.1) is 6.08 Å². The van der Waals surface area contributed by atoms with Crippen LogP contribution in [0.15, 0.2) is 54.0 Å². The van der Waals surface area contributed by atoms with Crippen LogP contribution in [-0.4, -0.2) is 5.25 Å². The number of hydrogen-bond donors (Lipinski definition) is 0. The SMILES string of the molecule is [C]1=CSC2C=CC=CC2c2ccccc21. The van der Waals surface area contributed by atoms with Gasteiger partial charge in [0.25, 0.3) is 0 Å². The van der Waals surface area contributed by atoms with Crippen molar-refractivity contribution < 1.29 is 0 Å². The fraction of sp³-hybridized carbons (Fsp3) is 0.143. The zero-order chi connectivity index (χ0) is 10.1. The Balaban J connectivity index is 2.13. The zero-order valence-corrected chi connectivity index (χ0v) is 9.08. The van der Waals surface area contributed by atoms with Crippen molar-refractivity contribution >= 4 is 11.8 Å². The number of allylic oxidation sites excluding steroid dienone is 3. The van der Waals surface area contributed by atoms with Gasteiger partial charge in [-0.25, -0.2) is 0 Å². The number of benzene rings is 1. The van der Waals surface area contributed by atoms with Crippen LogP contribution in [0.5, 0.6) is 0 Å². The van der Waals surface area contributed by atoms with Crippen molar-refractivity contribution in [3.63, 3.8) is 0 Å². The first-order valence-corrected chi connectivity index (χ1v) is 6.07. The summed E-state index contributed by atoms with van der Waals surface area (Å²) in [5, 5.41) is 2.62. The molecule has 0 nitrogen and oxygen atoms in total. The molecular formula is C14H11S. The molecule has 1 aromatic rings. The van der Waals surface area contributed by atoms with Crippen LogP contribution >= 0.6 is 11.8 Å². The summed E-state index contributed by atoms with van der Waals surface area (Å²) in [5.41, 5.74) is 2.63. The second-order valence-electron chi connectivity index (χ2n) is 3.75. The Morgan fingerprint density at radius 3 is 2.93 bits per heavy atom. The minimum absolute atomic E-state index is 0.502. The standard InChI is InChI=1S/C14H11S/c1-2-6-12-11(5-1)9-10-15-14-8-4-3-7-13(12)14/h1-8,10,13-14H. The molecule has 0 bridgehead atoms. The number of hydrogen-bond acceptors (Lipinski definition) is 1. The molecule has 0 aromatic heterocycles. The highest BCUT2D eigenvalue weighted by atomic mass is 32.2. The van der Waals surface area contributed by atoms with Crippen LogP contribution in [-0.2, 0) is 0 Å². The molecule has 1 radical (unpaired) electrons. The molecule has 2 unspecified atom stereocenters. The average Bonchev–Trinajstić information content (AvgIpc) is 2.48. The number of rotatable bonds is 0. The molecule has 1 aliphatic heterocycles. The van der Waals surface area contributed by atoms with E-state index in [-0.39, 0.29) is 0 Å². The fourth-order valence-corrected chi connectivity index (χ4v) is 3.03. The quantitative estimate of drug-likeness (QED) is 0.631. The third-order valence-corrected chi connectivity index (χ3v) is 3.86. The Labute approximate surface area is 94.4 Å². The van der Waals surface area contributed by atoms with Crippen LogP contribution in [0.2, 0.25) is 0 Å². The van der Waals surface area contributed by atoms with Gasteiger partial charge in [-0.15, -0.1) is 11.8 Å². The van der Waals surface area contributed by atoms with E-state index >= 15 is 0 Å². The second kappa shape index (κ2) is 3.74. The molecule has 0 N–H and O–H groups in total. The molecule has 3 rings (SSSR count). The lowest BCUT2D eigenvalue weighted by molar-refractivity contribution is 0.870. The maximum Gasteiger partial charge on any atom is 0.0375 e. The summed E-state index contributed by atoms with van der Waals surface area (Å²) in [4.78, 5) is 0. The maximum atomic E-state index is 3.35. The van der Waals surface area contributed by atoms with Crippen molar-refractivity contribution in [2.75, 3.05) is 0 Å². The van der Waals surface area contributed by atoms with Crippen LogP contribution in [0.1, 0.15) is 17.0 Å². The van der Waals surface area contributed by atoms with Crippen molar-refractivity contribution in [3.05, 3.63) is 71.2 Å². The predicted molar refractivity (Wildman–Crippen MR) is 65.8 cm³/mol. The van der Waals surface area contributed by atoms with Gasteiger partial charge < -0.3 is 0 Å². The van der Waals surface area contributed by atoms with Crippen LogP contribution in [0.3, 0.4) is 0 Å². The summed E-state index contributed by atoms with van der Waals surface area (Å²) in [6.07, 6.45) is 12.2. The highest BCUT2D eigenvalue weighted by Crippen LogP contribution is 2.38. The third kappa shape index (κ3) is 1.57. The summed E-state index contributed by atoms with van der Waals surface area (Å²) in [6, 6.07) is 8.54. The molecule has 2 atom stereocenters. The van der Waals surface area contributed by atoms with Crippen LogP contribution in [0.4, 0.5) is 0 Å². The first-order valence-electron chi connectivity index (χ1n) is 5.13. The smallest absolute Gasteiger partial charge is 0.0375 e.